The molecule has 2 aliphatic heterocycles. The fourth-order valence-electron chi connectivity index (χ4n) is 2.74. The zero-order chi connectivity index (χ0) is 12.5. The molecule has 1 unspecified atom stereocenters. The Hall–Kier alpha value is -1.10. The van der Waals surface area contributed by atoms with Gasteiger partial charge in [0, 0.05) is 19.6 Å². The number of nitrogens with zero attached hydrogens (tertiary/aromatic N) is 1. The molecule has 0 spiro atoms. The molecule has 0 aromatic rings. The van der Waals surface area contributed by atoms with Gasteiger partial charge < -0.3 is 15.3 Å². The van der Waals surface area contributed by atoms with Crippen molar-refractivity contribution in [3.05, 3.63) is 0 Å². The maximum absolute atomic E-state index is 12.4. The van der Waals surface area contributed by atoms with Crippen LogP contribution in [0, 0.1) is 11.3 Å². The molecule has 0 bridgehead atoms. The summed E-state index contributed by atoms with van der Waals surface area (Å²) in [4.78, 5) is 25.1. The van der Waals surface area contributed by atoms with Gasteiger partial charge in [0.25, 0.3) is 0 Å². The highest BCUT2D eigenvalue weighted by Gasteiger charge is 2.41. The first kappa shape index (κ1) is 12.4. The summed E-state index contributed by atoms with van der Waals surface area (Å²) >= 11 is 0. The first-order valence-corrected chi connectivity index (χ1v) is 6.26. The van der Waals surface area contributed by atoms with E-state index in [1.54, 1.807) is 4.90 Å². The van der Waals surface area contributed by atoms with E-state index in [1.165, 1.54) is 0 Å². The van der Waals surface area contributed by atoms with Crippen LogP contribution >= 0.6 is 0 Å². The molecule has 0 aromatic carbocycles. The van der Waals surface area contributed by atoms with Crippen molar-refractivity contribution in [2.24, 2.45) is 11.3 Å². The van der Waals surface area contributed by atoms with E-state index < -0.39 is 5.97 Å². The average molecular weight is 240 g/mol. The summed E-state index contributed by atoms with van der Waals surface area (Å²) < 4.78 is 0. The second kappa shape index (κ2) is 4.64. The lowest BCUT2D eigenvalue weighted by Crippen LogP contribution is -2.49. The molecule has 5 nitrogen and oxygen atoms in total. The summed E-state index contributed by atoms with van der Waals surface area (Å²) in [6, 6.07) is 0. The van der Waals surface area contributed by atoms with Crippen molar-refractivity contribution >= 4 is 11.9 Å². The van der Waals surface area contributed by atoms with Gasteiger partial charge in [0.15, 0.2) is 0 Å². The number of carboxylic acids is 1. The van der Waals surface area contributed by atoms with Gasteiger partial charge in [0.05, 0.1) is 11.3 Å². The minimum atomic E-state index is -0.780. The van der Waals surface area contributed by atoms with E-state index in [2.05, 4.69) is 5.32 Å². The Kier molecular flexibility index (Phi) is 3.38. The van der Waals surface area contributed by atoms with Crippen molar-refractivity contribution in [3.8, 4) is 0 Å². The molecule has 96 valence electrons. The molecule has 2 aliphatic rings. The highest BCUT2D eigenvalue weighted by molar-refractivity contribution is 5.84. The summed E-state index contributed by atoms with van der Waals surface area (Å²) in [5, 5.41) is 12.2. The van der Waals surface area contributed by atoms with Crippen LogP contribution in [0.3, 0.4) is 0 Å². The molecular formula is C12H20N2O3. The van der Waals surface area contributed by atoms with Gasteiger partial charge in [0.1, 0.15) is 0 Å². The van der Waals surface area contributed by atoms with Gasteiger partial charge in [-0.05, 0) is 32.7 Å². The lowest BCUT2D eigenvalue weighted by Gasteiger charge is -2.36. The van der Waals surface area contributed by atoms with Crippen molar-refractivity contribution in [2.45, 2.75) is 26.2 Å². The first-order chi connectivity index (χ1) is 8.03. The number of carbonyl (C=O) groups is 2. The van der Waals surface area contributed by atoms with Crippen LogP contribution in [0.15, 0.2) is 0 Å². The Morgan fingerprint density at radius 1 is 1.47 bits per heavy atom. The van der Waals surface area contributed by atoms with Crippen LogP contribution in [0.1, 0.15) is 26.2 Å². The molecule has 2 fully saturated rings. The Morgan fingerprint density at radius 3 is 2.82 bits per heavy atom. The van der Waals surface area contributed by atoms with Gasteiger partial charge in [-0.1, -0.05) is 0 Å². The number of carboxylic acid groups (broad SMARTS) is 1. The molecule has 5 heteroatoms. The van der Waals surface area contributed by atoms with Gasteiger partial charge in [-0.3, -0.25) is 9.59 Å². The number of likely N-dealkylation sites (tertiary alicyclic amines) is 1. The fraction of sp³-hybridized carbons (Fsp3) is 0.833. The van der Waals surface area contributed by atoms with Crippen LogP contribution in [0.5, 0.6) is 0 Å². The zero-order valence-corrected chi connectivity index (χ0v) is 10.2. The minimum Gasteiger partial charge on any atom is -0.481 e. The molecule has 0 aliphatic carbocycles. The van der Waals surface area contributed by atoms with E-state index in [9.17, 15) is 9.59 Å². The highest BCUT2D eigenvalue weighted by atomic mass is 16.4. The Labute approximate surface area is 101 Å². The van der Waals surface area contributed by atoms with Gasteiger partial charge in [-0.15, -0.1) is 0 Å². The second-order valence-corrected chi connectivity index (χ2v) is 5.42. The zero-order valence-electron chi connectivity index (χ0n) is 10.2. The predicted molar refractivity (Wildman–Crippen MR) is 62.5 cm³/mol. The molecule has 0 aromatic heterocycles. The molecule has 2 saturated heterocycles. The molecule has 2 rings (SSSR count). The monoisotopic (exact) mass is 240 g/mol. The number of hydrogen-bond acceptors (Lipinski definition) is 3. The SMILES string of the molecule is CC1(C(=O)N2CCC[C@@H](C(=O)O)C2)CCNC1. The van der Waals surface area contributed by atoms with Crippen LogP contribution in [0.4, 0.5) is 0 Å². The summed E-state index contributed by atoms with van der Waals surface area (Å²) in [5.74, 6) is -1.05. The number of aliphatic carboxylic acids is 1. The number of hydrogen-bond donors (Lipinski definition) is 2. The van der Waals surface area contributed by atoms with Crippen molar-refractivity contribution in [2.75, 3.05) is 26.2 Å². The summed E-state index contributed by atoms with van der Waals surface area (Å²) in [5.41, 5.74) is -0.333. The molecule has 1 amide bonds. The van der Waals surface area contributed by atoms with Gasteiger partial charge in [-0.2, -0.15) is 0 Å². The Balaban J connectivity index is 2.01. The Morgan fingerprint density at radius 2 is 2.24 bits per heavy atom. The average Bonchev–Trinajstić information content (AvgIpc) is 2.76. The molecular weight excluding hydrogens is 220 g/mol. The van der Waals surface area contributed by atoms with E-state index in [-0.39, 0.29) is 17.2 Å². The van der Waals surface area contributed by atoms with Gasteiger partial charge >= 0.3 is 5.97 Å². The number of amides is 1. The summed E-state index contributed by atoms with van der Waals surface area (Å²) in [6.45, 7) is 4.64. The summed E-state index contributed by atoms with van der Waals surface area (Å²) in [7, 11) is 0. The highest BCUT2D eigenvalue weighted by Crippen LogP contribution is 2.29. The van der Waals surface area contributed by atoms with Crippen LogP contribution < -0.4 is 5.32 Å². The molecule has 0 radical (unpaired) electrons. The lowest BCUT2D eigenvalue weighted by molar-refractivity contribution is -0.148. The molecule has 2 heterocycles. The van der Waals surface area contributed by atoms with E-state index >= 15 is 0 Å². The van der Waals surface area contributed by atoms with Crippen LogP contribution in [0.25, 0.3) is 0 Å². The maximum atomic E-state index is 12.4. The number of carbonyl (C=O) groups excluding carboxylic acids is 1. The van der Waals surface area contributed by atoms with Crippen molar-refractivity contribution in [3.63, 3.8) is 0 Å². The normalized spacial score (nSPS) is 33.7. The van der Waals surface area contributed by atoms with Crippen molar-refractivity contribution in [1.29, 1.82) is 0 Å². The number of nitrogens with one attached hydrogen (secondary N) is 1. The maximum Gasteiger partial charge on any atom is 0.308 e. The van der Waals surface area contributed by atoms with E-state index in [1.807, 2.05) is 6.92 Å². The van der Waals surface area contributed by atoms with E-state index in [4.69, 9.17) is 5.11 Å². The third-order valence-corrected chi connectivity index (χ3v) is 3.94. The van der Waals surface area contributed by atoms with Crippen molar-refractivity contribution < 1.29 is 14.7 Å². The molecule has 0 saturated carbocycles. The molecule has 17 heavy (non-hydrogen) atoms. The van der Waals surface area contributed by atoms with E-state index in [0.29, 0.717) is 26.1 Å². The van der Waals surface area contributed by atoms with Crippen molar-refractivity contribution in [1.82, 2.24) is 10.2 Å². The number of rotatable bonds is 2. The summed E-state index contributed by atoms with van der Waals surface area (Å²) in [6.07, 6.45) is 2.33. The quantitative estimate of drug-likeness (QED) is 0.729. The fourth-order valence-corrected chi connectivity index (χ4v) is 2.74. The van der Waals surface area contributed by atoms with Crippen LogP contribution in [-0.2, 0) is 9.59 Å². The smallest absolute Gasteiger partial charge is 0.308 e. The van der Waals surface area contributed by atoms with Gasteiger partial charge in [0.2, 0.25) is 5.91 Å². The standard InChI is InChI=1S/C12H20N2O3/c1-12(4-5-13-8-12)11(17)14-6-2-3-9(7-14)10(15)16/h9,13H,2-8H2,1H3,(H,15,16)/t9-,12?/m1/s1. The number of piperidine rings is 1. The molecule has 2 atom stereocenters. The first-order valence-electron chi connectivity index (χ1n) is 6.26. The van der Waals surface area contributed by atoms with Crippen LogP contribution in [0.2, 0.25) is 0 Å². The topological polar surface area (TPSA) is 69.6 Å². The minimum absolute atomic E-state index is 0.119. The third-order valence-electron chi connectivity index (χ3n) is 3.94. The van der Waals surface area contributed by atoms with Gasteiger partial charge in [-0.25, -0.2) is 0 Å². The molecule has 2 N–H and O–H groups in total. The largest absolute Gasteiger partial charge is 0.481 e. The predicted octanol–water partition coefficient (Wildman–Crippen LogP) is 0.309. The Bertz CT molecular complexity index is 324. The van der Waals surface area contributed by atoms with E-state index in [0.717, 1.165) is 19.4 Å². The lowest BCUT2D eigenvalue weighted by atomic mass is 9.86. The third kappa shape index (κ3) is 2.44. The second-order valence-electron chi connectivity index (χ2n) is 5.42. The van der Waals surface area contributed by atoms with Crippen LogP contribution in [-0.4, -0.2) is 48.1 Å².